The monoisotopic (exact) mass is 344 g/mol. The standard InChI is InChI=1S/C21H28O4/c22-20(23)16-12-7-13-17(21(24)25)19(16)18(14-8-3-1-4-9-14)15-10-5-2-6-11-15/h7,12-15,18H,1-6,8-11H2,(H,22,23)(H,24,25). The predicted molar refractivity (Wildman–Crippen MR) is 96.3 cm³/mol. The number of hydrogen-bond donors (Lipinski definition) is 2. The summed E-state index contributed by atoms with van der Waals surface area (Å²) in [5.41, 5.74) is 0.989. The van der Waals surface area contributed by atoms with Gasteiger partial charge in [0.1, 0.15) is 0 Å². The quantitative estimate of drug-likeness (QED) is 0.757. The summed E-state index contributed by atoms with van der Waals surface area (Å²) in [6.45, 7) is 0. The second-order valence-electron chi connectivity index (χ2n) is 7.70. The van der Waals surface area contributed by atoms with Crippen LogP contribution in [0, 0.1) is 11.8 Å². The molecular formula is C21H28O4. The molecule has 4 nitrogen and oxygen atoms in total. The Labute approximate surface area is 149 Å². The molecule has 25 heavy (non-hydrogen) atoms. The van der Waals surface area contributed by atoms with Crippen molar-refractivity contribution in [1.29, 1.82) is 0 Å². The van der Waals surface area contributed by atoms with Crippen LogP contribution in [0.5, 0.6) is 0 Å². The Hall–Kier alpha value is -1.84. The highest BCUT2D eigenvalue weighted by atomic mass is 16.4. The summed E-state index contributed by atoms with van der Waals surface area (Å²) < 4.78 is 0. The SMILES string of the molecule is O=C(O)c1cccc(C(=O)O)c1C(C1CCCCC1)C1CCCCC1. The molecule has 0 atom stereocenters. The molecule has 0 radical (unpaired) electrons. The van der Waals surface area contributed by atoms with Gasteiger partial charge in [0.15, 0.2) is 0 Å². The lowest BCUT2D eigenvalue weighted by atomic mass is 9.65. The average molecular weight is 344 g/mol. The summed E-state index contributed by atoms with van der Waals surface area (Å²) in [5.74, 6) is -1.12. The maximum Gasteiger partial charge on any atom is 0.335 e. The van der Waals surface area contributed by atoms with E-state index in [1.807, 2.05) is 0 Å². The van der Waals surface area contributed by atoms with E-state index in [9.17, 15) is 19.8 Å². The number of aromatic carboxylic acids is 2. The number of hydrogen-bond acceptors (Lipinski definition) is 2. The van der Waals surface area contributed by atoms with E-state index in [0.717, 1.165) is 25.7 Å². The van der Waals surface area contributed by atoms with Crippen molar-refractivity contribution in [2.24, 2.45) is 11.8 Å². The fourth-order valence-corrected chi connectivity index (χ4v) is 5.14. The van der Waals surface area contributed by atoms with Gasteiger partial charge in [0, 0.05) is 0 Å². The molecule has 4 heteroatoms. The van der Waals surface area contributed by atoms with E-state index in [0.29, 0.717) is 17.4 Å². The number of carbonyl (C=O) groups is 2. The third-order valence-electron chi connectivity index (χ3n) is 6.22. The normalized spacial score (nSPS) is 19.9. The number of rotatable bonds is 5. The van der Waals surface area contributed by atoms with Crippen molar-refractivity contribution >= 4 is 11.9 Å². The zero-order chi connectivity index (χ0) is 17.8. The van der Waals surface area contributed by atoms with E-state index in [-0.39, 0.29) is 17.0 Å². The van der Waals surface area contributed by atoms with Crippen LogP contribution in [0.15, 0.2) is 18.2 Å². The topological polar surface area (TPSA) is 74.6 Å². The Morgan fingerprint density at radius 2 is 1.16 bits per heavy atom. The number of benzene rings is 1. The van der Waals surface area contributed by atoms with Crippen LogP contribution >= 0.6 is 0 Å². The van der Waals surface area contributed by atoms with Crippen LogP contribution in [0.25, 0.3) is 0 Å². The molecule has 0 saturated heterocycles. The molecule has 2 saturated carbocycles. The Morgan fingerprint density at radius 1 is 0.760 bits per heavy atom. The first-order chi connectivity index (χ1) is 12.1. The summed E-state index contributed by atoms with van der Waals surface area (Å²) in [5, 5.41) is 19.4. The van der Waals surface area contributed by atoms with Crippen LogP contribution in [0.4, 0.5) is 0 Å². The molecule has 0 aromatic heterocycles. The van der Waals surface area contributed by atoms with Gasteiger partial charge < -0.3 is 10.2 Å². The number of carboxylic acids is 2. The van der Waals surface area contributed by atoms with Gasteiger partial charge in [-0.05, 0) is 61.1 Å². The first-order valence-electron chi connectivity index (χ1n) is 9.69. The van der Waals surface area contributed by atoms with E-state index in [1.54, 1.807) is 18.2 Å². The van der Waals surface area contributed by atoms with E-state index in [2.05, 4.69) is 0 Å². The molecule has 2 aliphatic rings. The highest BCUT2D eigenvalue weighted by Crippen LogP contribution is 2.47. The summed E-state index contributed by atoms with van der Waals surface area (Å²) in [6, 6.07) is 4.74. The zero-order valence-electron chi connectivity index (χ0n) is 14.7. The van der Waals surface area contributed by atoms with Crippen LogP contribution in [0.3, 0.4) is 0 Å². The lowest BCUT2D eigenvalue weighted by Crippen LogP contribution is -2.29. The third-order valence-corrected chi connectivity index (χ3v) is 6.22. The van der Waals surface area contributed by atoms with Crippen LogP contribution in [-0.4, -0.2) is 22.2 Å². The van der Waals surface area contributed by atoms with E-state index in [4.69, 9.17) is 0 Å². The third kappa shape index (κ3) is 3.88. The van der Waals surface area contributed by atoms with Gasteiger partial charge in [0.2, 0.25) is 0 Å². The summed E-state index contributed by atoms with van der Waals surface area (Å²) in [4.78, 5) is 23.7. The molecule has 2 fully saturated rings. The summed E-state index contributed by atoms with van der Waals surface area (Å²) >= 11 is 0. The largest absolute Gasteiger partial charge is 0.478 e. The van der Waals surface area contributed by atoms with E-state index < -0.39 is 11.9 Å². The van der Waals surface area contributed by atoms with Crippen LogP contribution in [0.2, 0.25) is 0 Å². The van der Waals surface area contributed by atoms with Crippen molar-refractivity contribution < 1.29 is 19.8 Å². The molecule has 0 heterocycles. The van der Waals surface area contributed by atoms with Crippen molar-refractivity contribution in [2.45, 2.75) is 70.1 Å². The minimum atomic E-state index is -1.00. The molecule has 0 aliphatic heterocycles. The minimum absolute atomic E-state index is 0.0685. The van der Waals surface area contributed by atoms with Gasteiger partial charge in [-0.1, -0.05) is 44.6 Å². The zero-order valence-corrected chi connectivity index (χ0v) is 14.7. The molecule has 2 aliphatic carbocycles. The van der Waals surface area contributed by atoms with Gasteiger partial charge >= 0.3 is 11.9 Å². The molecule has 3 rings (SSSR count). The molecule has 136 valence electrons. The molecule has 1 aromatic rings. The van der Waals surface area contributed by atoms with Crippen molar-refractivity contribution in [3.05, 3.63) is 34.9 Å². The average Bonchev–Trinajstić information content (AvgIpc) is 2.63. The van der Waals surface area contributed by atoms with Crippen LogP contribution in [-0.2, 0) is 0 Å². The lowest BCUT2D eigenvalue weighted by Gasteiger charge is -2.39. The second kappa shape index (κ2) is 8.03. The fourth-order valence-electron chi connectivity index (χ4n) is 5.14. The lowest BCUT2D eigenvalue weighted by molar-refractivity contribution is 0.0689. The second-order valence-corrected chi connectivity index (χ2v) is 7.70. The molecule has 2 N–H and O–H groups in total. The number of carboxylic acid groups (broad SMARTS) is 2. The fraction of sp³-hybridized carbons (Fsp3) is 0.619. The van der Waals surface area contributed by atoms with Crippen molar-refractivity contribution in [2.75, 3.05) is 0 Å². The molecule has 0 amide bonds. The molecule has 1 aromatic carbocycles. The van der Waals surface area contributed by atoms with Crippen LogP contribution < -0.4 is 0 Å². The van der Waals surface area contributed by atoms with Gasteiger partial charge in [-0.25, -0.2) is 9.59 Å². The molecule has 0 spiro atoms. The maximum atomic E-state index is 11.9. The smallest absolute Gasteiger partial charge is 0.335 e. The van der Waals surface area contributed by atoms with Crippen molar-refractivity contribution in [3.63, 3.8) is 0 Å². The highest BCUT2D eigenvalue weighted by molar-refractivity contribution is 5.97. The Bertz CT molecular complexity index is 575. The van der Waals surface area contributed by atoms with Gasteiger partial charge in [-0.15, -0.1) is 0 Å². The van der Waals surface area contributed by atoms with Gasteiger partial charge in [-0.3, -0.25) is 0 Å². The highest BCUT2D eigenvalue weighted by Gasteiger charge is 2.37. The molecule has 0 unspecified atom stereocenters. The Morgan fingerprint density at radius 3 is 1.52 bits per heavy atom. The van der Waals surface area contributed by atoms with Crippen LogP contribution in [0.1, 0.15) is 96.4 Å². The first kappa shape index (κ1) is 18.0. The van der Waals surface area contributed by atoms with Crippen molar-refractivity contribution in [3.8, 4) is 0 Å². The minimum Gasteiger partial charge on any atom is -0.478 e. The van der Waals surface area contributed by atoms with Gasteiger partial charge in [0.05, 0.1) is 11.1 Å². The Kier molecular flexibility index (Phi) is 5.77. The molecular weight excluding hydrogens is 316 g/mol. The van der Waals surface area contributed by atoms with Gasteiger partial charge in [0.25, 0.3) is 0 Å². The first-order valence-corrected chi connectivity index (χ1v) is 9.69. The van der Waals surface area contributed by atoms with Gasteiger partial charge in [-0.2, -0.15) is 0 Å². The van der Waals surface area contributed by atoms with E-state index >= 15 is 0 Å². The summed E-state index contributed by atoms with van der Waals surface area (Å²) in [7, 11) is 0. The van der Waals surface area contributed by atoms with Crippen molar-refractivity contribution in [1.82, 2.24) is 0 Å². The molecule has 0 bridgehead atoms. The summed E-state index contributed by atoms with van der Waals surface area (Å²) in [6.07, 6.45) is 11.5. The maximum absolute atomic E-state index is 11.9. The van der Waals surface area contributed by atoms with E-state index in [1.165, 1.54) is 38.5 Å². The Balaban J connectivity index is 2.10. The predicted octanol–water partition coefficient (Wildman–Crippen LogP) is 5.33.